The molecule has 0 saturated carbocycles. The quantitative estimate of drug-likeness (QED) is 0.277. The molecule has 0 aromatic heterocycles. The van der Waals surface area contributed by atoms with Crippen LogP contribution in [0.15, 0.2) is 35.4 Å². The number of carbonyl (C=O) groups excluding carboxylic acids is 1. The van der Waals surface area contributed by atoms with Gasteiger partial charge in [0.15, 0.2) is 0 Å². The van der Waals surface area contributed by atoms with Crippen molar-refractivity contribution >= 4 is 6.09 Å². The number of nitrogens with one attached hydrogen (secondary N) is 1. The Morgan fingerprint density at radius 1 is 1.21 bits per heavy atom. The van der Waals surface area contributed by atoms with Crippen LogP contribution in [0.25, 0.3) is 10.4 Å². The minimum atomic E-state index is -0.644. The lowest BCUT2D eigenvalue weighted by atomic mass is 10.0. The molecule has 29 heavy (non-hydrogen) atoms. The predicted octanol–water partition coefficient (Wildman–Crippen LogP) is 3.30. The van der Waals surface area contributed by atoms with Crippen molar-refractivity contribution in [3.05, 3.63) is 46.3 Å². The van der Waals surface area contributed by atoms with E-state index >= 15 is 0 Å². The molecule has 1 aromatic carbocycles. The van der Waals surface area contributed by atoms with Crippen LogP contribution in [0.3, 0.4) is 0 Å². The standard InChI is InChI=1S/C20H32N4O5/c1-20(2,3)29-19(27)22-16(13-26)9-10-17(23-24-21)18(11-12-25)28-14-15-7-5-4-6-8-15/h4-8,16-18,25-26H,9-14H2,1-3H3,(H,22,27)/t16-,17-,18-/m0/s1. The zero-order chi connectivity index (χ0) is 21.7. The fourth-order valence-electron chi connectivity index (χ4n) is 2.73. The fraction of sp³-hybridized carbons (Fsp3) is 0.650. The molecule has 0 radical (unpaired) electrons. The molecular formula is C20H32N4O5. The summed E-state index contributed by atoms with van der Waals surface area (Å²) >= 11 is 0. The van der Waals surface area contributed by atoms with Crippen molar-refractivity contribution in [2.45, 2.75) is 70.4 Å². The molecule has 0 spiro atoms. The molecule has 0 bridgehead atoms. The van der Waals surface area contributed by atoms with Crippen LogP contribution in [-0.4, -0.2) is 53.3 Å². The zero-order valence-electron chi connectivity index (χ0n) is 17.3. The summed E-state index contributed by atoms with van der Waals surface area (Å²) in [5.74, 6) is 0. The normalized spacial score (nSPS) is 14.4. The van der Waals surface area contributed by atoms with E-state index in [9.17, 15) is 15.0 Å². The van der Waals surface area contributed by atoms with Crippen molar-refractivity contribution in [2.24, 2.45) is 5.11 Å². The Labute approximate surface area is 171 Å². The summed E-state index contributed by atoms with van der Waals surface area (Å²) in [4.78, 5) is 14.8. The molecule has 9 heteroatoms. The maximum absolute atomic E-state index is 11.9. The van der Waals surface area contributed by atoms with Crippen molar-refractivity contribution in [3.63, 3.8) is 0 Å². The Bertz CT molecular complexity index is 644. The Kier molecular flexibility index (Phi) is 11.1. The highest BCUT2D eigenvalue weighted by molar-refractivity contribution is 5.68. The van der Waals surface area contributed by atoms with Crippen LogP contribution in [0.2, 0.25) is 0 Å². The van der Waals surface area contributed by atoms with Gasteiger partial charge in [-0.2, -0.15) is 0 Å². The summed E-state index contributed by atoms with van der Waals surface area (Å²) in [7, 11) is 0. The third-order valence-corrected chi connectivity index (χ3v) is 4.10. The van der Waals surface area contributed by atoms with Crippen LogP contribution in [0.5, 0.6) is 0 Å². The van der Waals surface area contributed by atoms with Crippen molar-refractivity contribution in [2.75, 3.05) is 13.2 Å². The number of amides is 1. The molecule has 0 aliphatic carbocycles. The summed E-state index contributed by atoms with van der Waals surface area (Å²) in [6.45, 7) is 5.18. The summed E-state index contributed by atoms with van der Waals surface area (Å²) in [6, 6.07) is 8.45. The second-order valence-corrected chi connectivity index (χ2v) is 7.72. The molecule has 1 rings (SSSR count). The van der Waals surface area contributed by atoms with E-state index in [1.807, 2.05) is 30.3 Å². The Balaban J connectivity index is 2.68. The number of rotatable bonds is 12. The van der Waals surface area contributed by atoms with Gasteiger partial charge in [0.1, 0.15) is 5.60 Å². The third kappa shape index (κ3) is 10.7. The lowest BCUT2D eigenvalue weighted by molar-refractivity contribution is 0.00524. The number of carbonyl (C=O) groups is 1. The molecule has 0 fully saturated rings. The number of aliphatic hydroxyl groups excluding tert-OH is 2. The average molecular weight is 408 g/mol. The number of hydrogen-bond acceptors (Lipinski definition) is 6. The number of azide groups is 1. The van der Waals surface area contributed by atoms with Crippen LogP contribution in [0.1, 0.15) is 45.6 Å². The lowest BCUT2D eigenvalue weighted by Crippen LogP contribution is -2.42. The second-order valence-electron chi connectivity index (χ2n) is 7.72. The number of hydrogen-bond donors (Lipinski definition) is 3. The van der Waals surface area contributed by atoms with Crippen molar-refractivity contribution < 1.29 is 24.5 Å². The second kappa shape index (κ2) is 13.0. The monoisotopic (exact) mass is 408 g/mol. The zero-order valence-corrected chi connectivity index (χ0v) is 17.3. The first kappa shape index (κ1) is 24.7. The number of aliphatic hydroxyl groups is 2. The summed E-state index contributed by atoms with van der Waals surface area (Å²) in [5, 5.41) is 25.4. The maximum Gasteiger partial charge on any atom is 0.407 e. The number of alkyl carbamates (subject to hydrolysis) is 1. The summed E-state index contributed by atoms with van der Waals surface area (Å²) in [6.07, 6.45) is -0.0819. The smallest absolute Gasteiger partial charge is 0.407 e. The highest BCUT2D eigenvalue weighted by Gasteiger charge is 2.24. The van der Waals surface area contributed by atoms with Crippen LogP contribution >= 0.6 is 0 Å². The Morgan fingerprint density at radius 2 is 1.90 bits per heavy atom. The van der Waals surface area contributed by atoms with Gasteiger partial charge in [0.25, 0.3) is 0 Å². The molecule has 0 heterocycles. The molecular weight excluding hydrogens is 376 g/mol. The van der Waals surface area contributed by atoms with Gasteiger partial charge in [0.2, 0.25) is 0 Å². The van der Waals surface area contributed by atoms with E-state index in [0.717, 1.165) is 5.56 Å². The van der Waals surface area contributed by atoms with Crippen molar-refractivity contribution in [3.8, 4) is 0 Å². The molecule has 0 unspecified atom stereocenters. The van der Waals surface area contributed by atoms with Gasteiger partial charge < -0.3 is 25.0 Å². The number of ether oxygens (including phenoxy) is 2. The lowest BCUT2D eigenvalue weighted by Gasteiger charge is -2.26. The van der Waals surface area contributed by atoms with Gasteiger partial charge in [-0.1, -0.05) is 35.4 Å². The minimum Gasteiger partial charge on any atom is -0.444 e. The fourth-order valence-corrected chi connectivity index (χ4v) is 2.73. The first-order valence-corrected chi connectivity index (χ1v) is 9.70. The van der Waals surface area contributed by atoms with E-state index in [1.165, 1.54) is 0 Å². The van der Waals surface area contributed by atoms with E-state index in [2.05, 4.69) is 15.3 Å². The largest absolute Gasteiger partial charge is 0.444 e. The maximum atomic E-state index is 11.9. The van der Waals surface area contributed by atoms with Gasteiger partial charge in [0.05, 0.1) is 31.4 Å². The molecule has 1 aromatic rings. The molecule has 0 saturated heterocycles. The van der Waals surface area contributed by atoms with Crippen LogP contribution in [0, 0.1) is 0 Å². The highest BCUT2D eigenvalue weighted by Crippen LogP contribution is 2.18. The van der Waals surface area contributed by atoms with Crippen LogP contribution in [0.4, 0.5) is 4.79 Å². The molecule has 162 valence electrons. The minimum absolute atomic E-state index is 0.115. The van der Waals surface area contributed by atoms with Gasteiger partial charge in [-0.15, -0.1) is 0 Å². The van der Waals surface area contributed by atoms with E-state index < -0.39 is 29.9 Å². The molecule has 3 N–H and O–H groups in total. The Hall–Kier alpha value is -2.32. The average Bonchev–Trinajstić information content (AvgIpc) is 2.66. The third-order valence-electron chi connectivity index (χ3n) is 4.10. The van der Waals surface area contributed by atoms with E-state index in [4.69, 9.17) is 15.0 Å². The summed E-state index contributed by atoms with van der Waals surface area (Å²) in [5.41, 5.74) is 9.26. The SMILES string of the molecule is CC(C)(C)OC(=O)N[C@H](CO)CC[C@H](N=[N+]=[N-])[C@H](CCO)OCc1ccccc1. The van der Waals surface area contributed by atoms with Gasteiger partial charge in [-0.05, 0) is 51.1 Å². The van der Waals surface area contributed by atoms with Crippen molar-refractivity contribution in [1.82, 2.24) is 5.32 Å². The topological polar surface area (TPSA) is 137 Å². The number of benzene rings is 1. The van der Waals surface area contributed by atoms with Crippen molar-refractivity contribution in [1.29, 1.82) is 0 Å². The number of nitrogens with zero attached hydrogens (tertiary/aromatic N) is 3. The van der Waals surface area contributed by atoms with E-state index in [1.54, 1.807) is 20.8 Å². The molecule has 9 nitrogen and oxygen atoms in total. The predicted molar refractivity (Wildman–Crippen MR) is 109 cm³/mol. The summed E-state index contributed by atoms with van der Waals surface area (Å²) < 4.78 is 11.1. The van der Waals surface area contributed by atoms with Crippen LogP contribution in [-0.2, 0) is 16.1 Å². The Morgan fingerprint density at radius 3 is 2.45 bits per heavy atom. The van der Waals surface area contributed by atoms with E-state index in [0.29, 0.717) is 25.9 Å². The molecule has 0 aliphatic rings. The molecule has 1 amide bonds. The van der Waals surface area contributed by atoms with Gasteiger partial charge in [-0.25, -0.2) is 4.79 Å². The van der Waals surface area contributed by atoms with Gasteiger partial charge in [0, 0.05) is 11.5 Å². The highest BCUT2D eigenvalue weighted by atomic mass is 16.6. The van der Waals surface area contributed by atoms with Crippen LogP contribution < -0.4 is 5.32 Å². The van der Waals surface area contributed by atoms with Gasteiger partial charge in [-0.3, -0.25) is 0 Å². The first-order chi connectivity index (χ1) is 13.8. The van der Waals surface area contributed by atoms with Gasteiger partial charge >= 0.3 is 6.09 Å². The first-order valence-electron chi connectivity index (χ1n) is 9.70. The molecule has 0 aliphatic heterocycles. The van der Waals surface area contributed by atoms with E-state index in [-0.39, 0.29) is 13.2 Å². The molecule has 3 atom stereocenters.